The lowest BCUT2D eigenvalue weighted by molar-refractivity contribution is 0.172. The first-order valence-corrected chi connectivity index (χ1v) is 8.95. The zero-order valence-corrected chi connectivity index (χ0v) is 14.9. The van der Waals surface area contributed by atoms with E-state index in [1.54, 1.807) is 18.4 Å². The number of nitrogens with zero attached hydrogens (tertiary/aromatic N) is 1. The Balaban J connectivity index is 2.18. The molecule has 0 aliphatic rings. The number of nitrogens with two attached hydrogens (primary N) is 1. The summed E-state index contributed by atoms with van der Waals surface area (Å²) in [6.45, 7) is 5.63. The molecule has 0 saturated carbocycles. The molecule has 0 saturated heterocycles. The smallest absolute Gasteiger partial charge is 0.128 e. The van der Waals surface area contributed by atoms with Gasteiger partial charge in [0, 0.05) is 37.1 Å². The molecule has 0 spiro atoms. The highest BCUT2D eigenvalue weighted by molar-refractivity contribution is 7.07. The molecule has 0 bridgehead atoms. The minimum atomic E-state index is 0.154. The van der Waals surface area contributed by atoms with Crippen LogP contribution in [0.25, 0.3) is 11.3 Å². The Hall–Kier alpha value is -1.43. The van der Waals surface area contributed by atoms with Crippen molar-refractivity contribution in [2.45, 2.75) is 32.7 Å². The molecule has 1 heterocycles. The van der Waals surface area contributed by atoms with Crippen molar-refractivity contribution in [2.75, 3.05) is 20.3 Å². The molecule has 0 aliphatic carbocycles. The maximum atomic E-state index is 6.20. The lowest BCUT2D eigenvalue weighted by Crippen LogP contribution is -2.28. The number of benzene rings is 1. The van der Waals surface area contributed by atoms with Gasteiger partial charge in [-0.1, -0.05) is 19.9 Å². The normalized spacial score (nSPS) is 12.6. The van der Waals surface area contributed by atoms with Crippen LogP contribution in [0.15, 0.2) is 29.1 Å². The number of thiazole rings is 1. The van der Waals surface area contributed by atoms with E-state index in [1.165, 1.54) is 5.56 Å². The predicted octanol–water partition coefficient (Wildman–Crippen LogP) is 3.75. The van der Waals surface area contributed by atoms with Crippen molar-refractivity contribution >= 4 is 11.3 Å². The van der Waals surface area contributed by atoms with Crippen LogP contribution in [0.1, 0.15) is 25.8 Å². The minimum Gasteiger partial charge on any atom is -0.493 e. The number of aromatic nitrogens is 1. The monoisotopic (exact) mass is 334 g/mol. The summed E-state index contributed by atoms with van der Waals surface area (Å²) < 4.78 is 11.1. The van der Waals surface area contributed by atoms with E-state index in [0.717, 1.165) is 29.8 Å². The van der Waals surface area contributed by atoms with E-state index in [9.17, 15) is 0 Å². The second kappa shape index (κ2) is 9.01. The summed E-state index contributed by atoms with van der Waals surface area (Å²) in [6.07, 6.45) is 1.71. The van der Waals surface area contributed by atoms with E-state index >= 15 is 0 Å². The van der Waals surface area contributed by atoms with Gasteiger partial charge in [-0.2, -0.15) is 0 Å². The molecule has 5 heteroatoms. The average Bonchev–Trinajstić information content (AvgIpc) is 3.06. The van der Waals surface area contributed by atoms with Gasteiger partial charge in [-0.25, -0.2) is 4.98 Å². The van der Waals surface area contributed by atoms with E-state index in [2.05, 4.69) is 37.0 Å². The van der Waals surface area contributed by atoms with E-state index in [1.807, 2.05) is 10.9 Å². The van der Waals surface area contributed by atoms with Gasteiger partial charge in [0.2, 0.25) is 0 Å². The second-order valence-corrected chi connectivity index (χ2v) is 6.73. The van der Waals surface area contributed by atoms with Crippen molar-refractivity contribution in [3.8, 4) is 17.0 Å². The second-order valence-electron chi connectivity index (χ2n) is 6.01. The number of hydrogen-bond acceptors (Lipinski definition) is 5. The molecular weight excluding hydrogens is 308 g/mol. The van der Waals surface area contributed by atoms with E-state index < -0.39 is 0 Å². The van der Waals surface area contributed by atoms with Crippen LogP contribution >= 0.6 is 11.3 Å². The first-order chi connectivity index (χ1) is 11.1. The molecule has 0 fully saturated rings. The Morgan fingerprint density at radius 1 is 1.26 bits per heavy atom. The quantitative estimate of drug-likeness (QED) is 0.710. The number of methoxy groups -OCH3 is 1. The lowest BCUT2D eigenvalue weighted by Gasteiger charge is -2.17. The standard InChI is InChI=1S/C18H26N2O2S/c1-13(2)16(19)9-14-5-6-15(17-11-23-12-20-17)18(10-14)22-8-4-7-21-3/h5-6,10-13,16H,4,7-9,19H2,1-3H3. The van der Waals surface area contributed by atoms with Crippen LogP contribution in [0.4, 0.5) is 0 Å². The van der Waals surface area contributed by atoms with Crippen LogP contribution < -0.4 is 10.5 Å². The maximum absolute atomic E-state index is 6.20. The zero-order chi connectivity index (χ0) is 16.7. The van der Waals surface area contributed by atoms with Crippen LogP contribution in [-0.4, -0.2) is 31.3 Å². The fourth-order valence-electron chi connectivity index (χ4n) is 2.26. The van der Waals surface area contributed by atoms with Crippen LogP contribution in [-0.2, 0) is 11.2 Å². The average molecular weight is 334 g/mol. The third-order valence-corrected chi connectivity index (χ3v) is 4.42. The van der Waals surface area contributed by atoms with Crippen molar-refractivity contribution in [3.05, 3.63) is 34.7 Å². The largest absolute Gasteiger partial charge is 0.493 e. The van der Waals surface area contributed by atoms with Crippen LogP contribution in [0.3, 0.4) is 0 Å². The van der Waals surface area contributed by atoms with Crippen molar-refractivity contribution in [1.82, 2.24) is 4.98 Å². The fraction of sp³-hybridized carbons (Fsp3) is 0.500. The van der Waals surface area contributed by atoms with Gasteiger partial charge in [-0.05, 0) is 30.0 Å². The SMILES string of the molecule is COCCCOc1cc(CC(N)C(C)C)ccc1-c1cscn1. The lowest BCUT2D eigenvalue weighted by atomic mass is 9.96. The van der Waals surface area contributed by atoms with Gasteiger partial charge >= 0.3 is 0 Å². The van der Waals surface area contributed by atoms with Crippen molar-refractivity contribution in [3.63, 3.8) is 0 Å². The van der Waals surface area contributed by atoms with Gasteiger partial charge in [-0.3, -0.25) is 0 Å². The van der Waals surface area contributed by atoms with Crippen LogP contribution in [0.5, 0.6) is 5.75 Å². The first-order valence-electron chi connectivity index (χ1n) is 8.00. The van der Waals surface area contributed by atoms with Gasteiger partial charge in [0.15, 0.2) is 0 Å². The van der Waals surface area contributed by atoms with Gasteiger partial charge in [0.05, 0.1) is 17.8 Å². The summed E-state index contributed by atoms with van der Waals surface area (Å²) in [7, 11) is 1.70. The van der Waals surface area contributed by atoms with E-state index in [0.29, 0.717) is 19.1 Å². The maximum Gasteiger partial charge on any atom is 0.128 e. The van der Waals surface area contributed by atoms with Crippen molar-refractivity contribution in [1.29, 1.82) is 0 Å². The van der Waals surface area contributed by atoms with Crippen LogP contribution in [0.2, 0.25) is 0 Å². The highest BCUT2D eigenvalue weighted by atomic mass is 32.1. The van der Waals surface area contributed by atoms with Gasteiger partial charge in [-0.15, -0.1) is 11.3 Å². The zero-order valence-electron chi connectivity index (χ0n) is 14.1. The van der Waals surface area contributed by atoms with Crippen molar-refractivity contribution in [2.24, 2.45) is 11.7 Å². The van der Waals surface area contributed by atoms with Gasteiger partial charge in [0.25, 0.3) is 0 Å². The molecule has 4 nitrogen and oxygen atoms in total. The highest BCUT2D eigenvalue weighted by Gasteiger charge is 2.13. The summed E-state index contributed by atoms with van der Waals surface area (Å²) in [5.41, 5.74) is 11.2. The molecule has 0 radical (unpaired) electrons. The highest BCUT2D eigenvalue weighted by Crippen LogP contribution is 2.31. The van der Waals surface area contributed by atoms with Gasteiger partial charge in [0.1, 0.15) is 5.75 Å². The Morgan fingerprint density at radius 2 is 2.09 bits per heavy atom. The molecular formula is C18H26N2O2S. The minimum absolute atomic E-state index is 0.154. The Kier molecular flexibility index (Phi) is 7.02. The third kappa shape index (κ3) is 5.30. The molecule has 1 atom stereocenters. The Morgan fingerprint density at radius 3 is 2.74 bits per heavy atom. The molecule has 0 amide bonds. The van der Waals surface area contributed by atoms with E-state index in [4.69, 9.17) is 15.2 Å². The summed E-state index contributed by atoms with van der Waals surface area (Å²) in [5.74, 6) is 1.33. The van der Waals surface area contributed by atoms with E-state index in [-0.39, 0.29) is 6.04 Å². The number of ether oxygens (including phenoxy) is 2. The van der Waals surface area contributed by atoms with Crippen LogP contribution in [0, 0.1) is 5.92 Å². The molecule has 1 unspecified atom stereocenters. The third-order valence-electron chi connectivity index (χ3n) is 3.83. The number of hydrogen-bond donors (Lipinski definition) is 1. The molecule has 126 valence electrons. The summed E-state index contributed by atoms with van der Waals surface area (Å²) in [5, 5.41) is 2.04. The topological polar surface area (TPSA) is 57.4 Å². The predicted molar refractivity (Wildman–Crippen MR) is 96.1 cm³/mol. The fourth-order valence-corrected chi connectivity index (χ4v) is 2.82. The molecule has 2 aromatic rings. The first kappa shape index (κ1) is 17.9. The molecule has 1 aromatic heterocycles. The van der Waals surface area contributed by atoms with Crippen molar-refractivity contribution < 1.29 is 9.47 Å². The molecule has 23 heavy (non-hydrogen) atoms. The summed E-state index contributed by atoms with van der Waals surface area (Å²) in [6, 6.07) is 6.47. The Bertz CT molecular complexity index is 585. The summed E-state index contributed by atoms with van der Waals surface area (Å²) >= 11 is 1.59. The Labute approximate surface area is 142 Å². The number of rotatable bonds is 9. The van der Waals surface area contributed by atoms with Gasteiger partial charge < -0.3 is 15.2 Å². The molecule has 2 rings (SSSR count). The molecule has 2 N–H and O–H groups in total. The molecule has 1 aromatic carbocycles. The molecule has 0 aliphatic heterocycles. The summed E-state index contributed by atoms with van der Waals surface area (Å²) in [4.78, 5) is 4.40.